The van der Waals surface area contributed by atoms with Crippen LogP contribution in [0.5, 0.6) is 0 Å². The fraction of sp³-hybridized carbons (Fsp3) is 0.0769. The monoisotopic (exact) mass is 229 g/mol. The average Bonchev–Trinajstić information content (AvgIpc) is 2.39. The number of carbonyl (C=O) groups is 1. The minimum atomic E-state index is -0.0226. The molecule has 0 unspecified atom stereocenters. The third-order valence-corrected chi connectivity index (χ3v) is 3.04. The Balaban J connectivity index is 2.42. The molecule has 2 rings (SSSR count). The van der Waals surface area contributed by atoms with E-state index in [0.717, 1.165) is 4.90 Å². The van der Waals surface area contributed by atoms with Crippen molar-refractivity contribution < 1.29 is 4.79 Å². The van der Waals surface area contributed by atoms with Crippen LogP contribution in [-0.4, -0.2) is 17.0 Å². The topological polar surface area (TPSA) is 30.0 Å². The highest BCUT2D eigenvalue weighted by atomic mass is 32.2. The van der Waals surface area contributed by atoms with Crippen molar-refractivity contribution in [3.05, 3.63) is 59.9 Å². The zero-order valence-electron chi connectivity index (χ0n) is 8.88. The highest BCUT2D eigenvalue weighted by Crippen LogP contribution is 2.21. The maximum atomic E-state index is 12.2. The summed E-state index contributed by atoms with van der Waals surface area (Å²) in [7, 11) is 0. The van der Waals surface area contributed by atoms with Gasteiger partial charge in [0.15, 0.2) is 0 Å². The molecular weight excluding hydrogens is 218 g/mol. The number of pyridine rings is 1. The van der Waals surface area contributed by atoms with E-state index in [1.165, 1.54) is 0 Å². The highest BCUT2D eigenvalue weighted by molar-refractivity contribution is 7.98. The van der Waals surface area contributed by atoms with Crippen molar-refractivity contribution >= 4 is 17.5 Å². The zero-order valence-corrected chi connectivity index (χ0v) is 9.70. The molecule has 0 amide bonds. The summed E-state index contributed by atoms with van der Waals surface area (Å²) >= 11 is 1.57. The van der Waals surface area contributed by atoms with Gasteiger partial charge in [0.1, 0.15) is 5.69 Å². The molecule has 0 saturated carbocycles. The van der Waals surface area contributed by atoms with Gasteiger partial charge in [-0.25, -0.2) is 0 Å². The van der Waals surface area contributed by atoms with Crippen LogP contribution in [0.15, 0.2) is 53.6 Å². The summed E-state index contributed by atoms with van der Waals surface area (Å²) in [5.74, 6) is -0.0226. The van der Waals surface area contributed by atoms with E-state index in [9.17, 15) is 4.79 Å². The molecule has 0 bridgehead atoms. The number of rotatable bonds is 3. The second-order valence-corrected chi connectivity index (χ2v) is 4.09. The van der Waals surface area contributed by atoms with Crippen LogP contribution in [0.1, 0.15) is 16.1 Å². The van der Waals surface area contributed by atoms with E-state index in [4.69, 9.17) is 0 Å². The third kappa shape index (κ3) is 2.14. The normalized spacial score (nSPS) is 10.1. The molecule has 0 fully saturated rings. The number of ketones is 1. The van der Waals surface area contributed by atoms with Crippen molar-refractivity contribution in [2.75, 3.05) is 6.26 Å². The fourth-order valence-electron chi connectivity index (χ4n) is 1.47. The van der Waals surface area contributed by atoms with Gasteiger partial charge in [-0.15, -0.1) is 11.8 Å². The maximum absolute atomic E-state index is 12.2. The van der Waals surface area contributed by atoms with E-state index in [1.807, 2.05) is 36.6 Å². The van der Waals surface area contributed by atoms with E-state index in [2.05, 4.69) is 4.98 Å². The predicted octanol–water partition coefficient (Wildman–Crippen LogP) is 3.03. The van der Waals surface area contributed by atoms with Gasteiger partial charge >= 0.3 is 0 Å². The Morgan fingerprint density at radius 3 is 2.56 bits per heavy atom. The van der Waals surface area contributed by atoms with Crippen LogP contribution in [0, 0.1) is 0 Å². The van der Waals surface area contributed by atoms with Crippen LogP contribution in [0.3, 0.4) is 0 Å². The molecule has 0 N–H and O–H groups in total. The largest absolute Gasteiger partial charge is 0.287 e. The van der Waals surface area contributed by atoms with Crippen molar-refractivity contribution in [1.82, 2.24) is 4.98 Å². The lowest BCUT2D eigenvalue weighted by molar-refractivity contribution is 0.103. The maximum Gasteiger partial charge on any atom is 0.212 e. The van der Waals surface area contributed by atoms with Crippen LogP contribution >= 0.6 is 11.8 Å². The Hall–Kier alpha value is -1.61. The average molecular weight is 229 g/mol. The van der Waals surface area contributed by atoms with Gasteiger partial charge in [0, 0.05) is 16.7 Å². The summed E-state index contributed by atoms with van der Waals surface area (Å²) in [6.45, 7) is 0. The molecule has 3 heteroatoms. The van der Waals surface area contributed by atoms with Crippen molar-refractivity contribution in [2.24, 2.45) is 0 Å². The van der Waals surface area contributed by atoms with E-state index in [0.29, 0.717) is 11.3 Å². The molecule has 0 spiro atoms. The van der Waals surface area contributed by atoms with Crippen molar-refractivity contribution in [3.63, 3.8) is 0 Å². The Bertz CT molecular complexity index is 496. The second-order valence-electron chi connectivity index (χ2n) is 3.24. The standard InChI is InChI=1S/C13H11NOS/c1-16-12-8-3-2-6-10(12)13(15)11-7-4-5-9-14-11/h2-9H,1H3. The molecule has 0 atom stereocenters. The van der Waals surface area contributed by atoms with E-state index < -0.39 is 0 Å². The molecule has 16 heavy (non-hydrogen) atoms. The number of benzene rings is 1. The molecule has 2 nitrogen and oxygen atoms in total. The molecule has 1 aromatic heterocycles. The number of nitrogens with zero attached hydrogens (tertiary/aromatic N) is 1. The van der Waals surface area contributed by atoms with Crippen LogP contribution in [0.25, 0.3) is 0 Å². The first-order valence-corrected chi connectivity index (χ1v) is 6.14. The molecule has 0 radical (unpaired) electrons. The molecule has 2 aromatic rings. The predicted molar refractivity (Wildman–Crippen MR) is 65.9 cm³/mol. The first kappa shape index (κ1) is 10.9. The van der Waals surface area contributed by atoms with E-state index in [-0.39, 0.29) is 5.78 Å². The van der Waals surface area contributed by atoms with Crippen LogP contribution < -0.4 is 0 Å². The summed E-state index contributed by atoms with van der Waals surface area (Å²) < 4.78 is 0. The van der Waals surface area contributed by atoms with Crippen molar-refractivity contribution in [3.8, 4) is 0 Å². The molecule has 0 saturated heterocycles. The van der Waals surface area contributed by atoms with Gasteiger partial charge in [-0.1, -0.05) is 18.2 Å². The Morgan fingerprint density at radius 1 is 1.12 bits per heavy atom. The Morgan fingerprint density at radius 2 is 1.88 bits per heavy atom. The lowest BCUT2D eigenvalue weighted by Gasteiger charge is -2.04. The first-order chi connectivity index (χ1) is 7.83. The van der Waals surface area contributed by atoms with Crippen LogP contribution in [0.2, 0.25) is 0 Å². The van der Waals surface area contributed by atoms with Gasteiger partial charge in [-0.05, 0) is 30.5 Å². The molecular formula is C13H11NOS. The van der Waals surface area contributed by atoms with E-state index >= 15 is 0 Å². The summed E-state index contributed by atoms with van der Waals surface area (Å²) in [6, 6.07) is 12.9. The number of aromatic nitrogens is 1. The Kier molecular flexibility index (Phi) is 3.37. The van der Waals surface area contributed by atoms with Gasteiger partial charge in [-0.3, -0.25) is 9.78 Å². The fourth-order valence-corrected chi connectivity index (χ4v) is 2.06. The van der Waals surface area contributed by atoms with Crippen LogP contribution in [0.4, 0.5) is 0 Å². The molecule has 1 heterocycles. The highest BCUT2D eigenvalue weighted by Gasteiger charge is 2.13. The first-order valence-electron chi connectivity index (χ1n) is 4.91. The second kappa shape index (κ2) is 4.94. The number of thioether (sulfide) groups is 1. The lowest BCUT2D eigenvalue weighted by Crippen LogP contribution is -2.04. The van der Waals surface area contributed by atoms with Gasteiger partial charge in [0.25, 0.3) is 0 Å². The van der Waals surface area contributed by atoms with Gasteiger partial charge in [0.2, 0.25) is 5.78 Å². The SMILES string of the molecule is CSc1ccccc1C(=O)c1ccccn1. The number of hydrogen-bond acceptors (Lipinski definition) is 3. The van der Waals surface area contributed by atoms with Gasteiger partial charge in [-0.2, -0.15) is 0 Å². The lowest BCUT2D eigenvalue weighted by atomic mass is 10.1. The van der Waals surface area contributed by atoms with Gasteiger partial charge in [0.05, 0.1) is 0 Å². The quantitative estimate of drug-likeness (QED) is 0.598. The number of hydrogen-bond donors (Lipinski definition) is 0. The summed E-state index contributed by atoms with van der Waals surface area (Å²) in [5, 5.41) is 0. The summed E-state index contributed by atoms with van der Waals surface area (Å²) in [4.78, 5) is 17.2. The summed E-state index contributed by atoms with van der Waals surface area (Å²) in [5.41, 5.74) is 1.21. The van der Waals surface area contributed by atoms with Crippen molar-refractivity contribution in [2.45, 2.75) is 4.90 Å². The molecule has 80 valence electrons. The van der Waals surface area contributed by atoms with E-state index in [1.54, 1.807) is 30.1 Å². The minimum Gasteiger partial charge on any atom is -0.287 e. The molecule has 0 aliphatic carbocycles. The van der Waals surface area contributed by atoms with Crippen molar-refractivity contribution in [1.29, 1.82) is 0 Å². The third-order valence-electron chi connectivity index (χ3n) is 2.25. The van der Waals surface area contributed by atoms with Gasteiger partial charge < -0.3 is 0 Å². The zero-order chi connectivity index (χ0) is 11.4. The number of carbonyl (C=O) groups excluding carboxylic acids is 1. The molecule has 1 aromatic carbocycles. The summed E-state index contributed by atoms with van der Waals surface area (Å²) in [6.07, 6.45) is 3.60. The Labute approximate surface area is 98.7 Å². The molecule has 0 aliphatic heterocycles. The molecule has 0 aliphatic rings. The smallest absolute Gasteiger partial charge is 0.212 e. The minimum absolute atomic E-state index is 0.0226. The van der Waals surface area contributed by atoms with Crippen LogP contribution in [-0.2, 0) is 0 Å².